The van der Waals surface area contributed by atoms with E-state index >= 15 is 0 Å². The van der Waals surface area contributed by atoms with Crippen molar-refractivity contribution in [2.24, 2.45) is 0 Å². The first kappa shape index (κ1) is 15.7. The molecule has 0 bridgehead atoms. The van der Waals surface area contributed by atoms with Gasteiger partial charge in [-0.3, -0.25) is 14.2 Å². The van der Waals surface area contributed by atoms with Crippen LogP contribution < -0.4 is 10.9 Å². The van der Waals surface area contributed by atoms with Gasteiger partial charge in [0.15, 0.2) is 0 Å². The van der Waals surface area contributed by atoms with Crippen LogP contribution in [0.15, 0.2) is 4.79 Å². The molecular formula is C14H19N3O3S. The maximum Gasteiger partial charge on any atom is 0.263 e. The Hall–Kier alpha value is -1.73. The third-order valence-electron chi connectivity index (χ3n) is 3.41. The van der Waals surface area contributed by atoms with Crippen molar-refractivity contribution in [3.8, 4) is 0 Å². The van der Waals surface area contributed by atoms with E-state index in [0.717, 1.165) is 15.3 Å². The summed E-state index contributed by atoms with van der Waals surface area (Å²) in [6, 6.07) is 0. The first-order valence-electron chi connectivity index (χ1n) is 6.68. The molecule has 6 nitrogen and oxygen atoms in total. The lowest BCUT2D eigenvalue weighted by Gasteiger charge is -2.10. The van der Waals surface area contributed by atoms with Gasteiger partial charge in [0.2, 0.25) is 5.91 Å². The van der Waals surface area contributed by atoms with E-state index in [4.69, 9.17) is 4.74 Å². The van der Waals surface area contributed by atoms with Crippen molar-refractivity contribution in [1.29, 1.82) is 0 Å². The molecule has 0 unspecified atom stereocenters. The molecule has 0 saturated heterocycles. The molecule has 2 heterocycles. The molecule has 2 aromatic heterocycles. The summed E-state index contributed by atoms with van der Waals surface area (Å²) in [7, 11) is 1.57. The zero-order chi connectivity index (χ0) is 15.6. The predicted octanol–water partition coefficient (Wildman–Crippen LogP) is 1.15. The monoisotopic (exact) mass is 309 g/mol. The first-order valence-corrected chi connectivity index (χ1v) is 7.50. The Balaban J connectivity index is 2.34. The Morgan fingerprint density at radius 1 is 1.38 bits per heavy atom. The molecule has 0 atom stereocenters. The number of aryl methyl sites for hydroxylation is 3. The Morgan fingerprint density at radius 3 is 2.76 bits per heavy atom. The third-order valence-corrected chi connectivity index (χ3v) is 4.51. The van der Waals surface area contributed by atoms with Gasteiger partial charge in [0.25, 0.3) is 5.56 Å². The average Bonchev–Trinajstić information content (AvgIpc) is 2.70. The minimum absolute atomic E-state index is 0.0222. The van der Waals surface area contributed by atoms with Crippen LogP contribution in [-0.2, 0) is 16.1 Å². The van der Waals surface area contributed by atoms with Gasteiger partial charge in [0, 0.05) is 18.5 Å². The fourth-order valence-corrected chi connectivity index (χ4v) is 3.17. The van der Waals surface area contributed by atoms with Crippen molar-refractivity contribution in [1.82, 2.24) is 14.9 Å². The van der Waals surface area contributed by atoms with Crippen LogP contribution in [0.1, 0.15) is 16.3 Å². The molecular weight excluding hydrogens is 290 g/mol. The molecule has 0 radical (unpaired) electrons. The summed E-state index contributed by atoms with van der Waals surface area (Å²) in [4.78, 5) is 30.7. The van der Waals surface area contributed by atoms with Crippen LogP contribution in [-0.4, -0.2) is 35.7 Å². The van der Waals surface area contributed by atoms with E-state index < -0.39 is 0 Å². The number of nitrogens with zero attached hydrogens (tertiary/aromatic N) is 2. The van der Waals surface area contributed by atoms with Crippen molar-refractivity contribution >= 4 is 27.5 Å². The summed E-state index contributed by atoms with van der Waals surface area (Å²) in [5.41, 5.74) is 0.794. The lowest BCUT2D eigenvalue weighted by Crippen LogP contribution is -2.35. The van der Waals surface area contributed by atoms with E-state index in [0.29, 0.717) is 24.4 Å². The maximum absolute atomic E-state index is 12.6. The zero-order valence-corrected chi connectivity index (χ0v) is 13.5. The number of hydrogen-bond donors (Lipinski definition) is 1. The van der Waals surface area contributed by atoms with Gasteiger partial charge in [0.05, 0.1) is 12.0 Å². The van der Waals surface area contributed by atoms with Gasteiger partial charge < -0.3 is 10.1 Å². The van der Waals surface area contributed by atoms with Gasteiger partial charge in [-0.15, -0.1) is 11.3 Å². The highest BCUT2D eigenvalue weighted by Crippen LogP contribution is 2.26. The van der Waals surface area contributed by atoms with Gasteiger partial charge >= 0.3 is 0 Å². The molecule has 7 heteroatoms. The fraction of sp³-hybridized carbons (Fsp3) is 0.500. The molecule has 21 heavy (non-hydrogen) atoms. The minimum Gasteiger partial charge on any atom is -0.383 e. The molecule has 1 amide bonds. The van der Waals surface area contributed by atoms with Gasteiger partial charge in [0.1, 0.15) is 17.2 Å². The molecule has 2 aromatic rings. The summed E-state index contributed by atoms with van der Waals surface area (Å²) in [5, 5.41) is 3.32. The molecule has 0 aliphatic heterocycles. The Morgan fingerprint density at radius 2 is 2.10 bits per heavy atom. The first-order chi connectivity index (χ1) is 9.95. The topological polar surface area (TPSA) is 73.2 Å². The second kappa shape index (κ2) is 6.36. The number of ether oxygens (including phenoxy) is 1. The maximum atomic E-state index is 12.6. The summed E-state index contributed by atoms with van der Waals surface area (Å²) in [5.74, 6) is 0.332. The van der Waals surface area contributed by atoms with Crippen molar-refractivity contribution < 1.29 is 9.53 Å². The second-order valence-electron chi connectivity index (χ2n) is 4.86. The molecule has 0 aliphatic carbocycles. The second-order valence-corrected chi connectivity index (χ2v) is 6.06. The zero-order valence-electron chi connectivity index (χ0n) is 12.6. The normalized spacial score (nSPS) is 11.0. The Kier molecular flexibility index (Phi) is 4.74. The number of carbonyl (C=O) groups is 1. The van der Waals surface area contributed by atoms with E-state index in [9.17, 15) is 9.59 Å². The summed E-state index contributed by atoms with van der Waals surface area (Å²) in [6.07, 6.45) is 0. The fourth-order valence-electron chi connectivity index (χ4n) is 2.11. The van der Waals surface area contributed by atoms with Gasteiger partial charge in [-0.05, 0) is 26.3 Å². The number of amides is 1. The SMILES string of the molecule is COCCNC(=O)Cn1c(C)nc2sc(C)c(C)c2c1=O. The Bertz CT molecular complexity index is 733. The third kappa shape index (κ3) is 3.14. The van der Waals surface area contributed by atoms with Crippen LogP contribution in [0.25, 0.3) is 10.2 Å². The van der Waals surface area contributed by atoms with Crippen LogP contribution in [0.4, 0.5) is 0 Å². The van der Waals surface area contributed by atoms with Crippen LogP contribution >= 0.6 is 11.3 Å². The van der Waals surface area contributed by atoms with Crippen molar-refractivity contribution in [2.45, 2.75) is 27.3 Å². The average molecular weight is 309 g/mol. The minimum atomic E-state index is -0.219. The smallest absolute Gasteiger partial charge is 0.263 e. The number of thiophene rings is 1. The van der Waals surface area contributed by atoms with Gasteiger partial charge in [-0.2, -0.15) is 0 Å². The molecule has 0 spiro atoms. The van der Waals surface area contributed by atoms with Crippen LogP contribution in [0.2, 0.25) is 0 Å². The molecule has 0 aliphatic rings. The molecule has 0 aromatic carbocycles. The van der Waals surface area contributed by atoms with E-state index in [1.165, 1.54) is 15.9 Å². The largest absolute Gasteiger partial charge is 0.383 e. The number of fused-ring (bicyclic) bond motifs is 1. The van der Waals surface area contributed by atoms with Crippen LogP contribution in [0.3, 0.4) is 0 Å². The standard InChI is InChI=1S/C14H19N3O3S/c1-8-9(2)21-13-12(8)14(19)17(10(3)16-13)7-11(18)15-5-6-20-4/h5-7H2,1-4H3,(H,15,18). The number of aromatic nitrogens is 2. The summed E-state index contributed by atoms with van der Waals surface area (Å²) < 4.78 is 6.29. The van der Waals surface area contributed by atoms with E-state index in [2.05, 4.69) is 10.3 Å². The molecule has 114 valence electrons. The van der Waals surface area contributed by atoms with Crippen molar-refractivity contribution in [3.05, 3.63) is 26.6 Å². The number of nitrogens with one attached hydrogen (secondary N) is 1. The van der Waals surface area contributed by atoms with E-state index in [-0.39, 0.29) is 18.0 Å². The summed E-state index contributed by atoms with van der Waals surface area (Å²) >= 11 is 1.51. The Labute approximate surface area is 126 Å². The van der Waals surface area contributed by atoms with Crippen molar-refractivity contribution in [2.75, 3.05) is 20.3 Å². The molecule has 0 saturated carbocycles. The lowest BCUT2D eigenvalue weighted by molar-refractivity contribution is -0.121. The highest BCUT2D eigenvalue weighted by atomic mass is 32.1. The highest BCUT2D eigenvalue weighted by molar-refractivity contribution is 7.18. The van der Waals surface area contributed by atoms with Gasteiger partial charge in [-0.1, -0.05) is 0 Å². The highest BCUT2D eigenvalue weighted by Gasteiger charge is 2.16. The van der Waals surface area contributed by atoms with E-state index in [1.54, 1.807) is 14.0 Å². The quantitative estimate of drug-likeness (QED) is 0.841. The summed E-state index contributed by atoms with van der Waals surface area (Å²) in [6.45, 7) is 6.47. The number of carbonyl (C=O) groups excluding carboxylic acids is 1. The molecule has 2 rings (SSSR count). The van der Waals surface area contributed by atoms with Gasteiger partial charge in [-0.25, -0.2) is 4.98 Å². The van der Waals surface area contributed by atoms with Crippen LogP contribution in [0.5, 0.6) is 0 Å². The van der Waals surface area contributed by atoms with E-state index in [1.807, 2.05) is 13.8 Å². The number of hydrogen-bond acceptors (Lipinski definition) is 5. The lowest BCUT2D eigenvalue weighted by atomic mass is 10.2. The molecule has 1 N–H and O–H groups in total. The molecule has 0 fully saturated rings. The van der Waals surface area contributed by atoms with Crippen LogP contribution in [0, 0.1) is 20.8 Å². The predicted molar refractivity (Wildman–Crippen MR) is 83.0 cm³/mol. The number of rotatable bonds is 5. The number of methoxy groups -OCH3 is 1. The van der Waals surface area contributed by atoms with Crippen molar-refractivity contribution in [3.63, 3.8) is 0 Å².